The minimum Gasteiger partial charge on any atom is -0.385 e. The van der Waals surface area contributed by atoms with Gasteiger partial charge in [-0.05, 0) is 17.7 Å². The van der Waals surface area contributed by atoms with Crippen molar-refractivity contribution in [3.05, 3.63) is 34.3 Å². The lowest BCUT2D eigenvalue weighted by molar-refractivity contribution is -0.494. The molecular weight excluding hydrogens is 461 g/mol. The van der Waals surface area contributed by atoms with E-state index in [1.54, 1.807) is 0 Å². The van der Waals surface area contributed by atoms with E-state index in [9.17, 15) is 53.4 Å². The molecule has 0 spiro atoms. The topological polar surface area (TPSA) is 20.2 Å². The molecule has 1 aliphatic carbocycles. The number of benzene rings is 1. The Morgan fingerprint density at radius 1 is 0.615 bits per heavy atom. The minimum absolute atomic E-state index is 0.130. The fraction of sp³-hybridized carbons (Fsp3) is 0.538. The van der Waals surface area contributed by atoms with Gasteiger partial charge in [0, 0.05) is 4.47 Å². The van der Waals surface area contributed by atoms with Crippen molar-refractivity contribution < 1.29 is 53.4 Å². The van der Waals surface area contributed by atoms with Gasteiger partial charge in [0.15, 0.2) is 0 Å². The monoisotopic (exact) mass is 466 g/mol. The van der Waals surface area contributed by atoms with Crippen molar-refractivity contribution in [1.82, 2.24) is 0 Å². The van der Waals surface area contributed by atoms with Gasteiger partial charge in [-0.25, -0.2) is 4.39 Å². The Bertz CT molecular complexity index is 671. The van der Waals surface area contributed by atoms with Gasteiger partial charge in [-0.1, -0.05) is 28.1 Å². The van der Waals surface area contributed by atoms with E-state index in [-0.39, 0.29) is 4.47 Å². The van der Waals surface area contributed by atoms with Crippen molar-refractivity contribution in [1.29, 1.82) is 0 Å². The first-order valence-electron chi connectivity index (χ1n) is 6.42. The average molecular weight is 467 g/mol. The second-order valence-corrected chi connectivity index (χ2v) is 6.45. The molecule has 1 aromatic rings. The fourth-order valence-corrected chi connectivity index (χ4v) is 2.73. The van der Waals surface area contributed by atoms with E-state index in [0.717, 1.165) is 12.1 Å². The van der Waals surface area contributed by atoms with Gasteiger partial charge in [-0.2, -0.15) is 43.9 Å². The van der Waals surface area contributed by atoms with E-state index in [2.05, 4.69) is 15.9 Å². The molecule has 0 heterocycles. The third-order valence-electron chi connectivity index (χ3n) is 4.05. The van der Waals surface area contributed by atoms with Gasteiger partial charge < -0.3 is 5.11 Å². The summed E-state index contributed by atoms with van der Waals surface area (Å²) in [5, 5.41) is 9.54. The maximum Gasteiger partial charge on any atom is 0.384 e. The van der Waals surface area contributed by atoms with Crippen LogP contribution in [0.5, 0.6) is 0 Å². The zero-order valence-electron chi connectivity index (χ0n) is 11.9. The summed E-state index contributed by atoms with van der Waals surface area (Å²) >= 11 is 2.79. The molecule has 0 radical (unpaired) electrons. The molecule has 1 atom stereocenters. The van der Waals surface area contributed by atoms with Crippen LogP contribution in [0, 0.1) is 0 Å². The Labute approximate surface area is 145 Å². The maximum absolute atomic E-state index is 14.6. The van der Waals surface area contributed by atoms with Crippen molar-refractivity contribution in [2.45, 2.75) is 41.4 Å². The van der Waals surface area contributed by atoms with Crippen molar-refractivity contribution >= 4 is 15.9 Å². The Morgan fingerprint density at radius 2 is 0.923 bits per heavy atom. The predicted molar refractivity (Wildman–Crippen MR) is 67.7 cm³/mol. The largest absolute Gasteiger partial charge is 0.385 e. The standard InChI is InChI=1S/C13H6BrF11O/c14-6-3-1-5(2-4-6)7(26)8(15)9(16,17)11(20,21)13(24,25)12(22,23)10(8,18)19/h1-4,7,26H. The van der Waals surface area contributed by atoms with E-state index in [1.807, 2.05) is 0 Å². The smallest absolute Gasteiger partial charge is 0.384 e. The Morgan fingerprint density at radius 3 is 1.27 bits per heavy atom. The summed E-state index contributed by atoms with van der Waals surface area (Å²) in [7, 11) is 0. The lowest BCUT2D eigenvalue weighted by atomic mass is 9.68. The quantitative estimate of drug-likeness (QED) is 0.580. The van der Waals surface area contributed by atoms with Crippen molar-refractivity contribution in [3.8, 4) is 0 Å². The molecule has 1 fully saturated rings. The van der Waals surface area contributed by atoms with E-state index in [4.69, 9.17) is 0 Å². The molecule has 13 heteroatoms. The molecular formula is C13H6BrF11O. The number of aliphatic hydroxyl groups is 1. The highest BCUT2D eigenvalue weighted by molar-refractivity contribution is 9.10. The number of rotatable bonds is 2. The number of aliphatic hydroxyl groups excluding tert-OH is 1. The number of hydrogen-bond donors (Lipinski definition) is 1. The highest BCUT2D eigenvalue weighted by Gasteiger charge is 3.02. The summed E-state index contributed by atoms with van der Waals surface area (Å²) in [6.45, 7) is 0. The molecule has 26 heavy (non-hydrogen) atoms. The van der Waals surface area contributed by atoms with Crippen LogP contribution in [0.25, 0.3) is 0 Å². The molecule has 0 bridgehead atoms. The molecule has 0 amide bonds. The first kappa shape index (κ1) is 21.2. The molecule has 148 valence electrons. The number of halogens is 12. The molecule has 0 saturated heterocycles. The van der Waals surface area contributed by atoms with Crippen LogP contribution in [0.1, 0.15) is 11.7 Å². The minimum atomic E-state index is -7.30. The summed E-state index contributed by atoms with van der Waals surface area (Å²) in [6.07, 6.45) is -3.99. The third-order valence-corrected chi connectivity index (χ3v) is 4.58. The summed E-state index contributed by atoms with van der Waals surface area (Å²) < 4.78 is 150. The molecule has 1 aromatic carbocycles. The van der Waals surface area contributed by atoms with Crippen LogP contribution in [0.2, 0.25) is 0 Å². The van der Waals surface area contributed by atoms with Gasteiger partial charge in [0.2, 0.25) is 0 Å². The van der Waals surface area contributed by atoms with Crippen LogP contribution in [0.15, 0.2) is 28.7 Å². The molecule has 1 saturated carbocycles. The molecule has 2 rings (SSSR count). The molecule has 0 aromatic heterocycles. The van der Waals surface area contributed by atoms with Gasteiger partial charge in [-0.3, -0.25) is 0 Å². The summed E-state index contributed by atoms with van der Waals surface area (Å²) in [6, 6.07) is 2.66. The summed E-state index contributed by atoms with van der Waals surface area (Å²) in [5.41, 5.74) is -7.70. The van der Waals surface area contributed by atoms with Crippen LogP contribution in [-0.4, -0.2) is 40.4 Å². The molecule has 1 unspecified atom stereocenters. The van der Waals surface area contributed by atoms with E-state index < -0.39 is 46.9 Å². The maximum atomic E-state index is 14.6. The van der Waals surface area contributed by atoms with E-state index in [1.165, 1.54) is 0 Å². The van der Waals surface area contributed by atoms with Gasteiger partial charge in [0.25, 0.3) is 5.67 Å². The van der Waals surface area contributed by atoms with E-state index in [0.29, 0.717) is 12.1 Å². The molecule has 1 nitrogen and oxygen atoms in total. The molecule has 1 N–H and O–H groups in total. The first-order valence-corrected chi connectivity index (χ1v) is 7.22. The zero-order valence-corrected chi connectivity index (χ0v) is 13.5. The average Bonchev–Trinajstić information content (AvgIpc) is 2.52. The third kappa shape index (κ3) is 2.06. The van der Waals surface area contributed by atoms with Gasteiger partial charge >= 0.3 is 29.6 Å². The summed E-state index contributed by atoms with van der Waals surface area (Å²) in [4.78, 5) is 0. The highest BCUT2D eigenvalue weighted by atomic mass is 79.9. The Hall–Kier alpha value is -1.11. The van der Waals surface area contributed by atoms with Crippen LogP contribution < -0.4 is 0 Å². The van der Waals surface area contributed by atoms with Crippen LogP contribution >= 0.6 is 15.9 Å². The van der Waals surface area contributed by atoms with Gasteiger partial charge in [0.1, 0.15) is 6.10 Å². The highest BCUT2D eigenvalue weighted by Crippen LogP contribution is 2.71. The first-order chi connectivity index (χ1) is 11.4. The number of alkyl halides is 11. The second kappa shape index (κ2) is 5.46. The second-order valence-electron chi connectivity index (χ2n) is 5.54. The SMILES string of the molecule is OC(c1ccc(Br)cc1)C1(F)C(F)(F)C(F)(F)C(F)(F)C(F)(F)C1(F)F. The van der Waals surface area contributed by atoms with Crippen molar-refractivity contribution in [2.24, 2.45) is 0 Å². The lowest BCUT2D eigenvalue weighted by Gasteiger charge is -2.53. The van der Waals surface area contributed by atoms with Gasteiger partial charge in [0.05, 0.1) is 0 Å². The normalized spacial score (nSPS) is 28.3. The molecule has 1 aliphatic rings. The predicted octanol–water partition coefficient (Wildman–Crippen LogP) is 5.38. The van der Waals surface area contributed by atoms with Crippen LogP contribution in [0.4, 0.5) is 48.3 Å². The lowest BCUT2D eigenvalue weighted by Crippen LogP contribution is -2.84. The van der Waals surface area contributed by atoms with E-state index >= 15 is 0 Å². The fourth-order valence-electron chi connectivity index (χ4n) is 2.46. The summed E-state index contributed by atoms with van der Waals surface area (Å²) in [5.74, 6) is -35.9. The van der Waals surface area contributed by atoms with Gasteiger partial charge in [-0.15, -0.1) is 0 Å². The zero-order chi connectivity index (χ0) is 20.6. The number of hydrogen-bond acceptors (Lipinski definition) is 1. The van der Waals surface area contributed by atoms with Crippen molar-refractivity contribution in [3.63, 3.8) is 0 Å². The van der Waals surface area contributed by atoms with Crippen LogP contribution in [0.3, 0.4) is 0 Å². The van der Waals surface area contributed by atoms with Crippen LogP contribution in [-0.2, 0) is 0 Å². The Balaban J connectivity index is 2.81. The van der Waals surface area contributed by atoms with Crippen molar-refractivity contribution in [2.75, 3.05) is 0 Å². The Kier molecular flexibility index (Phi) is 4.45. The molecule has 0 aliphatic heterocycles.